The molecule has 1 rings (SSSR count). The maximum Gasteiger partial charge on any atom is 0.265 e. The fraction of sp³-hybridized carbons (Fsp3) is 0.500. The molecule has 0 fully saturated rings. The summed E-state index contributed by atoms with van der Waals surface area (Å²) in [5.41, 5.74) is 2.87. The van der Waals surface area contributed by atoms with Crippen LogP contribution in [0.25, 0.3) is 0 Å². The molecule has 116 valence electrons. The maximum atomic E-state index is 11.7. The standard InChI is InChI=1S/C16H24N2O3/c1-2-14(16(20)18-21)17-15(19)12-8-4-7-11-13-9-5-3-6-10-13/h3,5-6,9-10,14,21H,2,4,7-8,11-12H2,1H3,(H,17,19)(H,18,20)/t14-/m1/s1. The highest BCUT2D eigenvalue weighted by Crippen LogP contribution is 2.07. The number of carbonyl (C=O) groups is 2. The van der Waals surface area contributed by atoms with Gasteiger partial charge in [0.1, 0.15) is 6.04 Å². The number of nitrogens with one attached hydrogen (secondary N) is 2. The third-order valence-corrected chi connectivity index (χ3v) is 3.38. The first kappa shape index (κ1) is 17.2. The second-order valence-corrected chi connectivity index (χ2v) is 5.05. The molecule has 0 saturated carbocycles. The molecule has 0 unspecified atom stereocenters. The second-order valence-electron chi connectivity index (χ2n) is 5.05. The lowest BCUT2D eigenvalue weighted by Crippen LogP contribution is -2.45. The van der Waals surface area contributed by atoms with Crippen molar-refractivity contribution in [1.29, 1.82) is 0 Å². The molecule has 0 saturated heterocycles. The Labute approximate surface area is 125 Å². The molecule has 1 aromatic rings. The van der Waals surface area contributed by atoms with Gasteiger partial charge >= 0.3 is 0 Å². The van der Waals surface area contributed by atoms with Crippen molar-refractivity contribution in [3.63, 3.8) is 0 Å². The van der Waals surface area contributed by atoms with E-state index in [-0.39, 0.29) is 5.91 Å². The van der Waals surface area contributed by atoms with Crippen LogP contribution in [0.15, 0.2) is 30.3 Å². The molecule has 0 aliphatic heterocycles. The fourth-order valence-electron chi connectivity index (χ4n) is 2.13. The molecule has 0 aliphatic carbocycles. The van der Waals surface area contributed by atoms with Gasteiger partial charge in [0.25, 0.3) is 5.91 Å². The van der Waals surface area contributed by atoms with Crippen molar-refractivity contribution in [1.82, 2.24) is 10.8 Å². The summed E-state index contributed by atoms with van der Waals surface area (Å²) in [6.07, 6.45) is 4.70. The molecule has 21 heavy (non-hydrogen) atoms. The van der Waals surface area contributed by atoms with Gasteiger partial charge in [-0.15, -0.1) is 0 Å². The molecule has 0 spiro atoms. The van der Waals surface area contributed by atoms with Gasteiger partial charge in [-0.3, -0.25) is 14.8 Å². The molecule has 2 amide bonds. The van der Waals surface area contributed by atoms with Crippen molar-refractivity contribution in [3.8, 4) is 0 Å². The number of rotatable bonds is 9. The normalized spacial score (nSPS) is 11.7. The molecule has 0 heterocycles. The minimum atomic E-state index is -0.660. The summed E-state index contributed by atoms with van der Waals surface area (Å²) < 4.78 is 0. The van der Waals surface area contributed by atoms with Crippen LogP contribution in [0.5, 0.6) is 0 Å². The van der Waals surface area contributed by atoms with Gasteiger partial charge in [0, 0.05) is 6.42 Å². The number of hydrogen-bond acceptors (Lipinski definition) is 3. The molecule has 0 bridgehead atoms. The van der Waals surface area contributed by atoms with Gasteiger partial charge < -0.3 is 5.32 Å². The summed E-state index contributed by atoms with van der Waals surface area (Å²) >= 11 is 0. The molecule has 1 aromatic carbocycles. The van der Waals surface area contributed by atoms with E-state index in [0.717, 1.165) is 25.7 Å². The highest BCUT2D eigenvalue weighted by molar-refractivity contribution is 5.86. The van der Waals surface area contributed by atoms with Crippen LogP contribution in [0.1, 0.15) is 44.6 Å². The van der Waals surface area contributed by atoms with E-state index in [2.05, 4.69) is 17.4 Å². The Morgan fingerprint density at radius 1 is 1.14 bits per heavy atom. The van der Waals surface area contributed by atoms with Crippen molar-refractivity contribution in [3.05, 3.63) is 35.9 Å². The predicted molar refractivity (Wildman–Crippen MR) is 80.8 cm³/mol. The molecule has 3 N–H and O–H groups in total. The van der Waals surface area contributed by atoms with Gasteiger partial charge in [0.05, 0.1) is 0 Å². The summed E-state index contributed by atoms with van der Waals surface area (Å²) in [5.74, 6) is -0.722. The van der Waals surface area contributed by atoms with Gasteiger partial charge in [-0.1, -0.05) is 43.7 Å². The van der Waals surface area contributed by atoms with E-state index in [1.165, 1.54) is 5.56 Å². The summed E-state index contributed by atoms with van der Waals surface area (Å²) in [5, 5.41) is 11.2. The minimum Gasteiger partial charge on any atom is -0.344 e. The Morgan fingerprint density at radius 2 is 1.86 bits per heavy atom. The van der Waals surface area contributed by atoms with Crippen LogP contribution in [0, 0.1) is 0 Å². The lowest BCUT2D eigenvalue weighted by Gasteiger charge is -2.14. The van der Waals surface area contributed by atoms with Crippen molar-refractivity contribution in [2.45, 2.75) is 51.5 Å². The lowest BCUT2D eigenvalue weighted by molar-refractivity contribution is -0.134. The average molecular weight is 292 g/mol. The van der Waals surface area contributed by atoms with Crippen LogP contribution in [0.2, 0.25) is 0 Å². The van der Waals surface area contributed by atoms with Crippen molar-refractivity contribution < 1.29 is 14.8 Å². The highest BCUT2D eigenvalue weighted by Gasteiger charge is 2.17. The zero-order valence-corrected chi connectivity index (χ0v) is 12.5. The summed E-state index contributed by atoms with van der Waals surface area (Å²) in [6, 6.07) is 9.60. The first-order chi connectivity index (χ1) is 10.2. The van der Waals surface area contributed by atoms with E-state index in [0.29, 0.717) is 12.8 Å². The summed E-state index contributed by atoms with van der Waals surface area (Å²) in [7, 11) is 0. The number of hydrogen-bond donors (Lipinski definition) is 3. The minimum absolute atomic E-state index is 0.148. The number of carbonyl (C=O) groups excluding carboxylic acids is 2. The monoisotopic (exact) mass is 292 g/mol. The Morgan fingerprint density at radius 3 is 2.48 bits per heavy atom. The van der Waals surface area contributed by atoms with Crippen LogP contribution < -0.4 is 10.8 Å². The highest BCUT2D eigenvalue weighted by atomic mass is 16.5. The Hall–Kier alpha value is -1.88. The number of amides is 2. The third kappa shape index (κ3) is 6.90. The number of aryl methyl sites for hydroxylation is 1. The number of benzene rings is 1. The molecular weight excluding hydrogens is 268 g/mol. The Balaban J connectivity index is 2.14. The molecule has 1 atom stereocenters. The van der Waals surface area contributed by atoms with Crippen molar-refractivity contribution >= 4 is 11.8 Å². The van der Waals surface area contributed by atoms with E-state index in [1.807, 2.05) is 18.2 Å². The van der Waals surface area contributed by atoms with Gasteiger partial charge in [-0.25, -0.2) is 5.48 Å². The number of hydroxylamine groups is 1. The topological polar surface area (TPSA) is 78.4 Å². The van der Waals surface area contributed by atoms with E-state index in [4.69, 9.17) is 5.21 Å². The molecular formula is C16H24N2O3. The smallest absolute Gasteiger partial charge is 0.265 e. The van der Waals surface area contributed by atoms with Crippen molar-refractivity contribution in [2.75, 3.05) is 0 Å². The summed E-state index contributed by atoms with van der Waals surface area (Å²) in [6.45, 7) is 1.78. The lowest BCUT2D eigenvalue weighted by atomic mass is 10.1. The first-order valence-corrected chi connectivity index (χ1v) is 7.44. The van der Waals surface area contributed by atoms with E-state index >= 15 is 0 Å². The Kier molecular flexibility index (Phi) is 8.12. The molecule has 5 heteroatoms. The second kappa shape index (κ2) is 9.94. The van der Waals surface area contributed by atoms with Crippen LogP contribution in [-0.4, -0.2) is 23.1 Å². The largest absolute Gasteiger partial charge is 0.344 e. The Bertz CT molecular complexity index is 434. The fourth-order valence-corrected chi connectivity index (χ4v) is 2.13. The van der Waals surface area contributed by atoms with Crippen LogP contribution in [0.4, 0.5) is 0 Å². The van der Waals surface area contributed by atoms with Crippen LogP contribution >= 0.6 is 0 Å². The molecule has 0 radical (unpaired) electrons. The first-order valence-electron chi connectivity index (χ1n) is 7.44. The van der Waals surface area contributed by atoms with Crippen LogP contribution in [0.3, 0.4) is 0 Å². The van der Waals surface area contributed by atoms with Gasteiger partial charge in [-0.05, 0) is 31.2 Å². The quantitative estimate of drug-likeness (QED) is 0.371. The van der Waals surface area contributed by atoms with Crippen LogP contribution in [-0.2, 0) is 16.0 Å². The zero-order valence-electron chi connectivity index (χ0n) is 12.5. The summed E-state index contributed by atoms with van der Waals surface area (Å²) in [4.78, 5) is 22.9. The molecule has 0 aliphatic rings. The predicted octanol–water partition coefficient (Wildman–Crippen LogP) is 2.19. The zero-order chi connectivity index (χ0) is 15.5. The van der Waals surface area contributed by atoms with Gasteiger partial charge in [0.15, 0.2) is 0 Å². The SMILES string of the molecule is CC[C@@H](NC(=O)CCCCCc1ccccc1)C(=O)NO. The maximum absolute atomic E-state index is 11.7. The third-order valence-electron chi connectivity index (χ3n) is 3.38. The van der Waals surface area contributed by atoms with E-state index < -0.39 is 11.9 Å². The molecule has 0 aromatic heterocycles. The number of unbranched alkanes of at least 4 members (excludes halogenated alkanes) is 2. The average Bonchev–Trinajstić information content (AvgIpc) is 2.52. The molecule has 5 nitrogen and oxygen atoms in total. The van der Waals surface area contributed by atoms with Gasteiger partial charge in [0.2, 0.25) is 5.91 Å². The van der Waals surface area contributed by atoms with E-state index in [1.54, 1.807) is 12.4 Å². The van der Waals surface area contributed by atoms with Crippen molar-refractivity contribution in [2.24, 2.45) is 0 Å². The van der Waals surface area contributed by atoms with E-state index in [9.17, 15) is 9.59 Å². The van der Waals surface area contributed by atoms with Gasteiger partial charge in [-0.2, -0.15) is 0 Å².